The number of allylic oxidation sites excluding steroid dienone is 1. The van der Waals surface area contributed by atoms with Gasteiger partial charge in [-0.1, -0.05) is 6.58 Å². The minimum absolute atomic E-state index is 0.162. The molecule has 0 aromatic heterocycles. The lowest BCUT2D eigenvalue weighted by atomic mass is 10.1. The van der Waals surface area contributed by atoms with Gasteiger partial charge in [0, 0.05) is 30.9 Å². The summed E-state index contributed by atoms with van der Waals surface area (Å²) in [5, 5.41) is 3.47. The molecule has 0 aromatic carbocycles. The molecule has 1 aliphatic rings. The molecule has 1 saturated heterocycles. The Morgan fingerprint density at radius 1 is 1.53 bits per heavy atom. The first-order chi connectivity index (χ1) is 6.88. The molecule has 0 spiro atoms. The summed E-state index contributed by atoms with van der Waals surface area (Å²) in [6.07, 6.45) is 0.287. The van der Waals surface area contributed by atoms with E-state index in [2.05, 4.69) is 44.5 Å². The minimum Gasteiger partial charge on any atom is -0.373 e. The van der Waals surface area contributed by atoms with E-state index in [1.165, 1.54) is 0 Å². The van der Waals surface area contributed by atoms with E-state index in [1.54, 1.807) is 0 Å². The first-order valence-electron chi connectivity index (χ1n) is 5.65. The number of morpholine rings is 1. The molecule has 1 rings (SSSR count). The standard InChI is InChI=1S/C12H24N2O/c1-10(2)14-6-7-15-11(9-14)8-13-12(3,4)5/h11,13H,1,6-9H2,2-5H3. The average Bonchev–Trinajstić information content (AvgIpc) is 2.14. The molecule has 0 radical (unpaired) electrons. The second-order valence-corrected chi connectivity index (χ2v) is 5.30. The Labute approximate surface area is 93.5 Å². The van der Waals surface area contributed by atoms with Crippen molar-refractivity contribution in [2.24, 2.45) is 0 Å². The quantitative estimate of drug-likeness (QED) is 0.769. The Morgan fingerprint density at radius 3 is 2.73 bits per heavy atom. The van der Waals surface area contributed by atoms with Crippen LogP contribution in [0.2, 0.25) is 0 Å². The zero-order valence-electron chi connectivity index (χ0n) is 10.5. The lowest BCUT2D eigenvalue weighted by Gasteiger charge is -2.36. The van der Waals surface area contributed by atoms with Gasteiger partial charge in [-0.15, -0.1) is 0 Å². The van der Waals surface area contributed by atoms with Crippen LogP contribution in [0.4, 0.5) is 0 Å². The van der Waals surface area contributed by atoms with Crippen LogP contribution in [0.5, 0.6) is 0 Å². The molecule has 0 aliphatic carbocycles. The summed E-state index contributed by atoms with van der Waals surface area (Å²) in [5.74, 6) is 0. The summed E-state index contributed by atoms with van der Waals surface area (Å²) < 4.78 is 5.71. The second kappa shape index (κ2) is 4.99. The lowest BCUT2D eigenvalue weighted by Crippen LogP contribution is -2.49. The normalized spacial score (nSPS) is 22.9. The van der Waals surface area contributed by atoms with Gasteiger partial charge in [-0.25, -0.2) is 0 Å². The van der Waals surface area contributed by atoms with Crippen LogP contribution in [0.25, 0.3) is 0 Å². The Hall–Kier alpha value is -0.540. The highest BCUT2D eigenvalue weighted by Crippen LogP contribution is 2.10. The maximum atomic E-state index is 5.71. The average molecular weight is 212 g/mol. The molecule has 0 saturated carbocycles. The third kappa shape index (κ3) is 4.67. The van der Waals surface area contributed by atoms with Crippen molar-refractivity contribution >= 4 is 0 Å². The SMILES string of the molecule is C=C(C)N1CCOC(CNC(C)(C)C)C1. The van der Waals surface area contributed by atoms with Gasteiger partial charge in [0.15, 0.2) is 0 Å². The molecule has 3 nitrogen and oxygen atoms in total. The third-order valence-corrected chi connectivity index (χ3v) is 2.54. The molecule has 88 valence electrons. The number of hydrogen-bond donors (Lipinski definition) is 1. The van der Waals surface area contributed by atoms with E-state index in [-0.39, 0.29) is 11.6 Å². The van der Waals surface area contributed by atoms with Crippen molar-refractivity contribution in [2.75, 3.05) is 26.2 Å². The largest absolute Gasteiger partial charge is 0.373 e. The summed E-state index contributed by atoms with van der Waals surface area (Å²) in [5.41, 5.74) is 1.30. The smallest absolute Gasteiger partial charge is 0.0874 e. The Morgan fingerprint density at radius 2 is 2.20 bits per heavy atom. The highest BCUT2D eigenvalue weighted by atomic mass is 16.5. The van der Waals surface area contributed by atoms with Gasteiger partial charge < -0.3 is 15.0 Å². The molecule has 1 unspecified atom stereocenters. The Balaban J connectivity index is 2.34. The molecule has 3 heteroatoms. The molecule has 1 atom stereocenters. The Kier molecular flexibility index (Phi) is 4.17. The minimum atomic E-state index is 0.162. The molecule has 1 fully saturated rings. The van der Waals surface area contributed by atoms with Crippen LogP contribution >= 0.6 is 0 Å². The summed E-state index contributed by atoms with van der Waals surface area (Å²) in [6.45, 7) is 16.2. The second-order valence-electron chi connectivity index (χ2n) is 5.30. The highest BCUT2D eigenvalue weighted by molar-refractivity contribution is 4.92. The topological polar surface area (TPSA) is 24.5 Å². The van der Waals surface area contributed by atoms with Gasteiger partial charge in [-0.2, -0.15) is 0 Å². The number of rotatable bonds is 3. The maximum Gasteiger partial charge on any atom is 0.0874 e. The van der Waals surface area contributed by atoms with Crippen LogP contribution in [0.1, 0.15) is 27.7 Å². The first kappa shape index (κ1) is 12.5. The van der Waals surface area contributed by atoms with Crippen LogP contribution in [-0.2, 0) is 4.74 Å². The molecule has 15 heavy (non-hydrogen) atoms. The molecule has 1 aliphatic heterocycles. The summed E-state index contributed by atoms with van der Waals surface area (Å²) in [4.78, 5) is 2.29. The molecule has 1 N–H and O–H groups in total. The summed E-state index contributed by atoms with van der Waals surface area (Å²) >= 11 is 0. The third-order valence-electron chi connectivity index (χ3n) is 2.54. The van der Waals surface area contributed by atoms with E-state index in [9.17, 15) is 0 Å². The lowest BCUT2D eigenvalue weighted by molar-refractivity contribution is -0.0177. The van der Waals surface area contributed by atoms with E-state index in [1.807, 2.05) is 0 Å². The zero-order valence-corrected chi connectivity index (χ0v) is 10.5. The van der Waals surface area contributed by atoms with Crippen molar-refractivity contribution in [2.45, 2.75) is 39.3 Å². The van der Waals surface area contributed by atoms with Crippen LogP contribution in [-0.4, -0.2) is 42.8 Å². The van der Waals surface area contributed by atoms with Crippen molar-refractivity contribution < 1.29 is 4.74 Å². The monoisotopic (exact) mass is 212 g/mol. The van der Waals surface area contributed by atoms with E-state index in [0.29, 0.717) is 0 Å². The van der Waals surface area contributed by atoms with E-state index in [0.717, 1.165) is 31.9 Å². The van der Waals surface area contributed by atoms with Gasteiger partial charge in [-0.05, 0) is 27.7 Å². The van der Waals surface area contributed by atoms with Crippen LogP contribution in [0, 0.1) is 0 Å². The number of ether oxygens (including phenoxy) is 1. The molecule has 0 amide bonds. The van der Waals surface area contributed by atoms with E-state index >= 15 is 0 Å². The molecular formula is C12H24N2O. The molecule has 1 heterocycles. The van der Waals surface area contributed by atoms with Crippen molar-refractivity contribution in [3.63, 3.8) is 0 Å². The van der Waals surface area contributed by atoms with Gasteiger partial charge >= 0.3 is 0 Å². The van der Waals surface area contributed by atoms with Crippen LogP contribution in [0.3, 0.4) is 0 Å². The van der Waals surface area contributed by atoms with E-state index in [4.69, 9.17) is 4.74 Å². The maximum absolute atomic E-state index is 5.71. The fourth-order valence-electron chi connectivity index (χ4n) is 1.61. The molecular weight excluding hydrogens is 188 g/mol. The zero-order chi connectivity index (χ0) is 11.5. The predicted octanol–water partition coefficient (Wildman–Crippen LogP) is 1.61. The van der Waals surface area contributed by atoms with Crippen molar-refractivity contribution in [1.82, 2.24) is 10.2 Å². The van der Waals surface area contributed by atoms with Gasteiger partial charge in [-0.3, -0.25) is 0 Å². The van der Waals surface area contributed by atoms with Gasteiger partial charge in [0.1, 0.15) is 0 Å². The first-order valence-corrected chi connectivity index (χ1v) is 5.65. The Bertz CT molecular complexity index is 220. The van der Waals surface area contributed by atoms with Gasteiger partial charge in [0.25, 0.3) is 0 Å². The fourth-order valence-corrected chi connectivity index (χ4v) is 1.61. The van der Waals surface area contributed by atoms with Crippen molar-refractivity contribution in [3.05, 3.63) is 12.3 Å². The van der Waals surface area contributed by atoms with Crippen LogP contribution < -0.4 is 5.32 Å². The summed E-state index contributed by atoms with van der Waals surface area (Å²) in [7, 11) is 0. The predicted molar refractivity (Wildman–Crippen MR) is 63.9 cm³/mol. The van der Waals surface area contributed by atoms with E-state index < -0.39 is 0 Å². The molecule has 0 bridgehead atoms. The number of nitrogens with zero attached hydrogens (tertiary/aromatic N) is 1. The summed E-state index contributed by atoms with van der Waals surface area (Å²) in [6, 6.07) is 0. The van der Waals surface area contributed by atoms with Crippen LogP contribution in [0.15, 0.2) is 12.3 Å². The van der Waals surface area contributed by atoms with Crippen molar-refractivity contribution in [3.8, 4) is 0 Å². The molecule has 0 aromatic rings. The van der Waals surface area contributed by atoms with Gasteiger partial charge in [0.2, 0.25) is 0 Å². The fraction of sp³-hybridized carbons (Fsp3) is 0.833. The van der Waals surface area contributed by atoms with Crippen molar-refractivity contribution in [1.29, 1.82) is 0 Å². The van der Waals surface area contributed by atoms with Gasteiger partial charge in [0.05, 0.1) is 12.7 Å². The highest BCUT2D eigenvalue weighted by Gasteiger charge is 2.21. The number of nitrogens with one attached hydrogen (secondary N) is 1. The number of hydrogen-bond acceptors (Lipinski definition) is 3.